The molecule has 0 aliphatic heterocycles. The van der Waals surface area contributed by atoms with Gasteiger partial charge in [-0.3, -0.25) is 0 Å². The van der Waals surface area contributed by atoms with Gasteiger partial charge in [0.25, 0.3) is 0 Å². The van der Waals surface area contributed by atoms with Gasteiger partial charge in [-0.2, -0.15) is 0 Å². The zero-order valence-electron chi connectivity index (χ0n) is 13.4. The molecule has 114 valence electrons. The maximum Gasteiger partial charge on any atom is 0.0616 e. The third-order valence-corrected chi connectivity index (χ3v) is 5.16. The smallest absolute Gasteiger partial charge is 0.0616 e. The molecule has 1 fully saturated rings. The normalized spacial score (nSPS) is 27.6. The Labute approximate surface area is 119 Å². The van der Waals surface area contributed by atoms with E-state index < -0.39 is 0 Å². The maximum atomic E-state index is 9.81. The summed E-state index contributed by atoms with van der Waals surface area (Å²) in [5.41, 5.74) is 0.00349. The van der Waals surface area contributed by atoms with Crippen LogP contribution >= 0.6 is 0 Å². The van der Waals surface area contributed by atoms with Crippen LogP contribution < -0.4 is 5.32 Å². The summed E-state index contributed by atoms with van der Waals surface area (Å²) in [5.74, 6) is 0.634. The molecule has 3 heteroatoms. The average Bonchev–Trinajstić information content (AvgIpc) is 2.81. The summed E-state index contributed by atoms with van der Waals surface area (Å²) in [4.78, 5) is 2.51. The summed E-state index contributed by atoms with van der Waals surface area (Å²) in [5, 5.41) is 13.4. The molecule has 3 nitrogen and oxygen atoms in total. The summed E-state index contributed by atoms with van der Waals surface area (Å²) in [6, 6.07) is 0.712. The summed E-state index contributed by atoms with van der Waals surface area (Å²) < 4.78 is 0. The summed E-state index contributed by atoms with van der Waals surface area (Å²) in [7, 11) is 2.25. The lowest BCUT2D eigenvalue weighted by atomic mass is 9.85. The van der Waals surface area contributed by atoms with Crippen molar-refractivity contribution in [3.05, 3.63) is 0 Å². The molecule has 0 aromatic rings. The molecule has 1 saturated carbocycles. The maximum absolute atomic E-state index is 9.81. The Balaban J connectivity index is 2.51. The molecule has 0 bridgehead atoms. The molecule has 0 spiro atoms. The highest BCUT2D eigenvalue weighted by atomic mass is 16.3. The number of hydrogen-bond acceptors (Lipinski definition) is 3. The minimum atomic E-state index is 0.00349. The first-order valence-electron chi connectivity index (χ1n) is 8.19. The molecule has 0 heterocycles. The van der Waals surface area contributed by atoms with E-state index in [2.05, 4.69) is 38.0 Å². The van der Waals surface area contributed by atoms with Crippen molar-refractivity contribution in [1.29, 1.82) is 0 Å². The Kier molecular flexibility index (Phi) is 7.33. The van der Waals surface area contributed by atoms with Crippen LogP contribution in [0.15, 0.2) is 0 Å². The highest BCUT2D eigenvalue weighted by Gasteiger charge is 2.41. The van der Waals surface area contributed by atoms with Crippen LogP contribution in [0.3, 0.4) is 0 Å². The fourth-order valence-corrected chi connectivity index (χ4v) is 3.87. The Morgan fingerprint density at radius 3 is 2.53 bits per heavy atom. The molecule has 2 atom stereocenters. The molecule has 0 saturated heterocycles. The number of rotatable bonds is 9. The van der Waals surface area contributed by atoms with Gasteiger partial charge >= 0.3 is 0 Å². The molecule has 0 amide bonds. The minimum absolute atomic E-state index is 0.00349. The van der Waals surface area contributed by atoms with E-state index in [1.54, 1.807) is 0 Å². The SMILES string of the molecule is CCNC1(CO)CCCC1CCN(C)C(CC)CC. The molecule has 2 N–H and O–H groups in total. The van der Waals surface area contributed by atoms with Crippen molar-refractivity contribution in [1.82, 2.24) is 10.2 Å². The van der Waals surface area contributed by atoms with E-state index in [0.29, 0.717) is 18.6 Å². The molecule has 1 aliphatic rings. The van der Waals surface area contributed by atoms with E-state index in [1.165, 1.54) is 32.1 Å². The van der Waals surface area contributed by atoms with E-state index in [1.807, 2.05) is 0 Å². The van der Waals surface area contributed by atoms with Gasteiger partial charge in [0.2, 0.25) is 0 Å². The molecule has 0 radical (unpaired) electrons. The Hall–Kier alpha value is -0.120. The van der Waals surface area contributed by atoms with Crippen LogP contribution in [-0.2, 0) is 0 Å². The number of nitrogens with zero attached hydrogens (tertiary/aromatic N) is 1. The fourth-order valence-electron chi connectivity index (χ4n) is 3.87. The summed E-state index contributed by atoms with van der Waals surface area (Å²) in [6.45, 7) is 9.10. The number of nitrogens with one attached hydrogen (secondary N) is 1. The van der Waals surface area contributed by atoms with Crippen molar-refractivity contribution in [3.63, 3.8) is 0 Å². The first-order chi connectivity index (χ1) is 9.13. The average molecular weight is 270 g/mol. The van der Waals surface area contributed by atoms with Gasteiger partial charge in [-0.1, -0.05) is 27.2 Å². The number of likely N-dealkylation sites (N-methyl/N-ethyl adjacent to an activating group) is 1. The van der Waals surface area contributed by atoms with Crippen molar-refractivity contribution in [2.75, 3.05) is 26.7 Å². The zero-order valence-corrected chi connectivity index (χ0v) is 13.4. The number of aliphatic hydroxyl groups is 1. The monoisotopic (exact) mass is 270 g/mol. The van der Waals surface area contributed by atoms with Crippen molar-refractivity contribution < 1.29 is 5.11 Å². The van der Waals surface area contributed by atoms with Crippen molar-refractivity contribution >= 4 is 0 Å². The van der Waals surface area contributed by atoms with E-state index in [4.69, 9.17) is 0 Å². The predicted molar refractivity (Wildman–Crippen MR) is 82.5 cm³/mol. The number of hydrogen-bond donors (Lipinski definition) is 2. The Morgan fingerprint density at radius 1 is 1.32 bits per heavy atom. The fraction of sp³-hybridized carbons (Fsp3) is 1.00. The van der Waals surface area contributed by atoms with Gasteiger partial charge in [0, 0.05) is 11.6 Å². The lowest BCUT2D eigenvalue weighted by Crippen LogP contribution is -2.52. The topological polar surface area (TPSA) is 35.5 Å². The first-order valence-corrected chi connectivity index (χ1v) is 8.19. The van der Waals surface area contributed by atoms with Gasteiger partial charge < -0.3 is 15.3 Å². The van der Waals surface area contributed by atoms with Crippen molar-refractivity contribution in [3.8, 4) is 0 Å². The molecule has 1 aliphatic carbocycles. The van der Waals surface area contributed by atoms with Crippen LogP contribution in [0.5, 0.6) is 0 Å². The Bertz CT molecular complexity index is 243. The molecule has 2 unspecified atom stereocenters. The molecular formula is C16H34N2O. The van der Waals surface area contributed by atoms with Crippen LogP contribution in [0.2, 0.25) is 0 Å². The molecular weight excluding hydrogens is 236 g/mol. The van der Waals surface area contributed by atoms with Crippen molar-refractivity contribution in [2.24, 2.45) is 5.92 Å². The third-order valence-electron chi connectivity index (χ3n) is 5.16. The quantitative estimate of drug-likeness (QED) is 0.676. The van der Waals surface area contributed by atoms with Gasteiger partial charge in [0.05, 0.1) is 6.61 Å². The highest BCUT2D eigenvalue weighted by molar-refractivity contribution is 4.98. The van der Waals surface area contributed by atoms with Crippen LogP contribution in [-0.4, -0.2) is 48.3 Å². The van der Waals surface area contributed by atoms with Gasteiger partial charge in [-0.05, 0) is 58.2 Å². The molecule has 0 aromatic heterocycles. The van der Waals surface area contributed by atoms with Crippen LogP contribution in [0, 0.1) is 5.92 Å². The largest absolute Gasteiger partial charge is 0.394 e. The molecule has 0 aromatic carbocycles. The molecule has 1 rings (SSSR count). The second-order valence-corrected chi connectivity index (χ2v) is 6.17. The van der Waals surface area contributed by atoms with E-state index in [0.717, 1.165) is 19.5 Å². The lowest BCUT2D eigenvalue weighted by molar-refractivity contribution is 0.110. The second-order valence-electron chi connectivity index (χ2n) is 6.17. The summed E-state index contributed by atoms with van der Waals surface area (Å²) >= 11 is 0. The second kappa shape index (κ2) is 8.23. The van der Waals surface area contributed by atoms with Gasteiger partial charge in [0.1, 0.15) is 0 Å². The first kappa shape index (κ1) is 16.9. The third kappa shape index (κ3) is 4.17. The van der Waals surface area contributed by atoms with E-state index in [9.17, 15) is 5.11 Å². The van der Waals surface area contributed by atoms with E-state index in [-0.39, 0.29) is 5.54 Å². The van der Waals surface area contributed by atoms with Crippen LogP contribution in [0.1, 0.15) is 59.3 Å². The van der Waals surface area contributed by atoms with Crippen molar-refractivity contribution in [2.45, 2.75) is 70.9 Å². The summed E-state index contributed by atoms with van der Waals surface area (Å²) in [6.07, 6.45) is 7.33. The number of aliphatic hydroxyl groups excluding tert-OH is 1. The van der Waals surface area contributed by atoms with Gasteiger partial charge in [0.15, 0.2) is 0 Å². The minimum Gasteiger partial charge on any atom is -0.394 e. The van der Waals surface area contributed by atoms with E-state index >= 15 is 0 Å². The van der Waals surface area contributed by atoms with Crippen LogP contribution in [0.4, 0.5) is 0 Å². The van der Waals surface area contributed by atoms with Gasteiger partial charge in [-0.25, -0.2) is 0 Å². The zero-order chi connectivity index (χ0) is 14.3. The Morgan fingerprint density at radius 2 is 2.00 bits per heavy atom. The van der Waals surface area contributed by atoms with Gasteiger partial charge in [-0.15, -0.1) is 0 Å². The highest BCUT2D eigenvalue weighted by Crippen LogP contribution is 2.37. The standard InChI is InChI=1S/C16H34N2O/c1-5-15(6-2)18(4)12-10-14-9-8-11-16(14,13-19)17-7-3/h14-15,17,19H,5-13H2,1-4H3. The predicted octanol–water partition coefficient (Wildman–Crippen LogP) is 2.64. The van der Waals surface area contributed by atoms with Crippen LogP contribution in [0.25, 0.3) is 0 Å². The molecule has 19 heavy (non-hydrogen) atoms. The lowest BCUT2D eigenvalue weighted by Gasteiger charge is -2.36.